The topological polar surface area (TPSA) is 40.5 Å². The Morgan fingerprint density at radius 1 is 0.900 bits per heavy atom. The summed E-state index contributed by atoms with van der Waals surface area (Å²) in [5.41, 5.74) is 0.333. The van der Waals surface area contributed by atoms with Crippen molar-refractivity contribution in [3.63, 3.8) is 0 Å². The van der Waals surface area contributed by atoms with Crippen molar-refractivity contribution in [2.24, 2.45) is 0 Å². The summed E-state index contributed by atoms with van der Waals surface area (Å²) in [4.78, 5) is 13.8. The first kappa shape index (κ1) is 16.2. The molecule has 106 valence electrons. The van der Waals surface area contributed by atoms with Crippen LogP contribution in [0.1, 0.15) is 11.1 Å². The monoisotopic (exact) mass is 291 g/mol. The predicted octanol–water partition coefficient (Wildman–Crippen LogP) is 3.00. The van der Waals surface area contributed by atoms with Crippen LogP contribution in [0.3, 0.4) is 0 Å². The first-order valence-electron chi connectivity index (χ1n) is 6.12. The molecule has 0 aromatic heterocycles. The highest BCUT2D eigenvalue weighted by Crippen LogP contribution is 2.34. The van der Waals surface area contributed by atoms with Crippen LogP contribution < -0.4 is 0 Å². The summed E-state index contributed by atoms with van der Waals surface area (Å²) >= 11 is 0. The van der Waals surface area contributed by atoms with Crippen LogP contribution in [-0.4, -0.2) is 30.1 Å². The molecule has 0 aliphatic carbocycles. The number of rotatable bonds is 4. The number of halogens is 1. The third-order valence-corrected chi connectivity index (χ3v) is 3.36. The Balaban J connectivity index is 0.00000200. The van der Waals surface area contributed by atoms with E-state index in [9.17, 15) is 9.90 Å². The second-order valence-electron chi connectivity index (χ2n) is 4.64. The summed E-state index contributed by atoms with van der Waals surface area (Å²) in [5.74, 6) is -0.880. The van der Waals surface area contributed by atoms with Crippen LogP contribution in [0.15, 0.2) is 60.7 Å². The third kappa shape index (κ3) is 2.55. The maximum absolute atomic E-state index is 12.0. The molecule has 0 bridgehead atoms. The minimum atomic E-state index is -1.16. The molecule has 0 saturated heterocycles. The van der Waals surface area contributed by atoms with E-state index in [1.54, 1.807) is 19.0 Å². The molecule has 0 aliphatic rings. The molecule has 2 aromatic rings. The molecule has 0 radical (unpaired) electrons. The van der Waals surface area contributed by atoms with Gasteiger partial charge in [-0.25, -0.2) is 4.79 Å². The molecule has 2 aromatic carbocycles. The summed E-state index contributed by atoms with van der Waals surface area (Å²) in [5, 5.41) is 9.86. The highest BCUT2D eigenvalue weighted by atomic mass is 35.5. The lowest BCUT2D eigenvalue weighted by atomic mass is 9.81. The molecule has 20 heavy (non-hydrogen) atoms. The molecular formula is C16H18ClNO2. The van der Waals surface area contributed by atoms with Gasteiger partial charge in [0.2, 0.25) is 0 Å². The minimum Gasteiger partial charge on any atom is -0.479 e. The summed E-state index contributed by atoms with van der Waals surface area (Å²) in [7, 11) is 3.57. The van der Waals surface area contributed by atoms with E-state index in [2.05, 4.69) is 0 Å². The Labute approximate surface area is 125 Å². The third-order valence-electron chi connectivity index (χ3n) is 3.36. The number of hydrogen-bond acceptors (Lipinski definition) is 2. The standard InChI is InChI=1S/C16H17NO2.ClH/c1-17(2)16(15(18)19,13-9-5-3-6-10-13)14-11-7-4-8-12-14;/h3-12H,1-2H3,(H,18,19);1H. The van der Waals surface area contributed by atoms with Crippen LogP contribution in [0.5, 0.6) is 0 Å². The number of nitrogens with zero attached hydrogens (tertiary/aromatic N) is 1. The summed E-state index contributed by atoms with van der Waals surface area (Å²) in [6.45, 7) is 0. The van der Waals surface area contributed by atoms with Crippen LogP contribution in [-0.2, 0) is 10.3 Å². The number of carboxylic acids is 1. The van der Waals surface area contributed by atoms with E-state index in [1.807, 2.05) is 60.7 Å². The van der Waals surface area contributed by atoms with Gasteiger partial charge in [0.15, 0.2) is 5.54 Å². The van der Waals surface area contributed by atoms with Gasteiger partial charge in [0.25, 0.3) is 0 Å². The van der Waals surface area contributed by atoms with Gasteiger partial charge in [0.1, 0.15) is 0 Å². The van der Waals surface area contributed by atoms with Crippen molar-refractivity contribution in [1.82, 2.24) is 4.90 Å². The van der Waals surface area contributed by atoms with Crippen molar-refractivity contribution in [3.8, 4) is 0 Å². The summed E-state index contributed by atoms with van der Waals surface area (Å²) in [6, 6.07) is 18.6. The number of carboxylic acid groups (broad SMARTS) is 1. The largest absolute Gasteiger partial charge is 0.479 e. The fourth-order valence-corrected chi connectivity index (χ4v) is 2.48. The molecule has 4 heteroatoms. The number of hydrogen-bond donors (Lipinski definition) is 1. The van der Waals surface area contributed by atoms with E-state index in [1.165, 1.54) is 0 Å². The van der Waals surface area contributed by atoms with Crippen LogP contribution in [0.4, 0.5) is 0 Å². The van der Waals surface area contributed by atoms with Gasteiger partial charge in [-0.05, 0) is 25.2 Å². The van der Waals surface area contributed by atoms with Crippen LogP contribution in [0, 0.1) is 0 Å². The zero-order valence-electron chi connectivity index (χ0n) is 11.5. The fourth-order valence-electron chi connectivity index (χ4n) is 2.48. The van der Waals surface area contributed by atoms with Crippen LogP contribution in [0.2, 0.25) is 0 Å². The first-order valence-corrected chi connectivity index (χ1v) is 6.12. The van der Waals surface area contributed by atoms with Gasteiger partial charge in [0, 0.05) is 0 Å². The maximum atomic E-state index is 12.0. The quantitative estimate of drug-likeness (QED) is 0.941. The highest BCUT2D eigenvalue weighted by Gasteiger charge is 2.44. The Morgan fingerprint density at radius 2 is 1.25 bits per heavy atom. The highest BCUT2D eigenvalue weighted by molar-refractivity contribution is 5.85. The maximum Gasteiger partial charge on any atom is 0.333 e. The lowest BCUT2D eigenvalue weighted by molar-refractivity contribution is -0.147. The van der Waals surface area contributed by atoms with Crippen molar-refractivity contribution in [2.75, 3.05) is 14.1 Å². The average molecular weight is 292 g/mol. The Morgan fingerprint density at radius 3 is 1.50 bits per heavy atom. The lowest BCUT2D eigenvalue weighted by Crippen LogP contribution is -2.49. The molecule has 0 saturated carbocycles. The Kier molecular flexibility index (Phi) is 5.31. The molecule has 3 nitrogen and oxygen atoms in total. The minimum absolute atomic E-state index is 0. The smallest absolute Gasteiger partial charge is 0.333 e. The zero-order chi connectivity index (χ0) is 13.9. The van der Waals surface area contributed by atoms with Crippen molar-refractivity contribution in [3.05, 3.63) is 71.8 Å². The molecule has 0 amide bonds. The molecule has 0 heterocycles. The predicted molar refractivity (Wildman–Crippen MR) is 82.2 cm³/mol. The van der Waals surface area contributed by atoms with E-state index in [-0.39, 0.29) is 12.4 Å². The van der Waals surface area contributed by atoms with Crippen molar-refractivity contribution < 1.29 is 9.90 Å². The second-order valence-corrected chi connectivity index (χ2v) is 4.64. The van der Waals surface area contributed by atoms with Gasteiger partial charge in [0.05, 0.1) is 0 Å². The van der Waals surface area contributed by atoms with Gasteiger partial charge in [-0.15, -0.1) is 12.4 Å². The summed E-state index contributed by atoms with van der Waals surface area (Å²) in [6.07, 6.45) is 0. The molecule has 0 fully saturated rings. The molecule has 1 N–H and O–H groups in total. The number of benzene rings is 2. The van der Waals surface area contributed by atoms with Crippen LogP contribution >= 0.6 is 12.4 Å². The van der Waals surface area contributed by atoms with Gasteiger partial charge >= 0.3 is 5.97 Å². The molecule has 0 spiro atoms. The van der Waals surface area contributed by atoms with Crippen LogP contribution in [0.25, 0.3) is 0 Å². The summed E-state index contributed by atoms with van der Waals surface area (Å²) < 4.78 is 0. The molecule has 0 unspecified atom stereocenters. The van der Waals surface area contributed by atoms with Gasteiger partial charge in [-0.1, -0.05) is 60.7 Å². The van der Waals surface area contributed by atoms with E-state index in [0.717, 1.165) is 11.1 Å². The van der Waals surface area contributed by atoms with E-state index in [0.29, 0.717) is 0 Å². The SMILES string of the molecule is CN(C)C(C(=O)O)(c1ccccc1)c1ccccc1.Cl. The average Bonchev–Trinajstić information content (AvgIpc) is 2.41. The van der Waals surface area contributed by atoms with Gasteiger partial charge in [-0.3, -0.25) is 4.90 Å². The molecule has 0 atom stereocenters. The number of aliphatic carboxylic acids is 1. The number of likely N-dealkylation sites (N-methyl/N-ethyl adjacent to an activating group) is 1. The Hall–Kier alpha value is -1.84. The number of carbonyl (C=O) groups is 1. The Bertz CT molecular complexity index is 516. The molecular weight excluding hydrogens is 274 g/mol. The van der Waals surface area contributed by atoms with Crippen molar-refractivity contribution in [2.45, 2.75) is 5.54 Å². The van der Waals surface area contributed by atoms with E-state index >= 15 is 0 Å². The first-order chi connectivity index (χ1) is 9.10. The normalized spacial score (nSPS) is 10.9. The fraction of sp³-hybridized carbons (Fsp3) is 0.188. The zero-order valence-corrected chi connectivity index (χ0v) is 12.3. The second kappa shape index (κ2) is 6.55. The van der Waals surface area contributed by atoms with E-state index in [4.69, 9.17) is 0 Å². The van der Waals surface area contributed by atoms with Gasteiger partial charge < -0.3 is 5.11 Å². The van der Waals surface area contributed by atoms with E-state index < -0.39 is 11.5 Å². The molecule has 0 aliphatic heterocycles. The lowest BCUT2D eigenvalue weighted by Gasteiger charge is -2.36. The van der Waals surface area contributed by atoms with Gasteiger partial charge in [-0.2, -0.15) is 0 Å². The molecule has 2 rings (SSSR count). The van der Waals surface area contributed by atoms with Crippen molar-refractivity contribution in [1.29, 1.82) is 0 Å². The van der Waals surface area contributed by atoms with Crippen molar-refractivity contribution >= 4 is 18.4 Å².